The van der Waals surface area contributed by atoms with Crippen molar-refractivity contribution in [2.24, 2.45) is 35.0 Å². The van der Waals surface area contributed by atoms with Crippen LogP contribution in [0, 0.1) is 17.8 Å². The average Bonchev–Trinajstić information content (AvgIpc) is 1.62. The van der Waals surface area contributed by atoms with E-state index in [0.717, 1.165) is 17.3 Å². The van der Waals surface area contributed by atoms with Gasteiger partial charge in [-0.25, -0.2) is 0 Å². The summed E-state index contributed by atoms with van der Waals surface area (Å²) in [5.41, 5.74) is 19.4. The Labute approximate surface area is 551 Å². The SMILES string of the molecule is CC[C@H](C)[C@H](NC(=O)[C@H](Cc1c[nH]c2ccccc12)NC(=O)[C@H](CCCCN)NC(=O)[C@H](CO)NC(=O)[C@H](CC(C)C)NC(=O)[C@H](Cc1ccccc1)NC(=O)[C@H](CCCCN)NC(=O)[C@H](CC(C)C)NC(=O)[C@H](CCCCN)NC(=O)[C@@H]1CCCN1)C(=O)NCC(=O)O. The van der Waals surface area contributed by atoms with Crippen LogP contribution >= 0.6 is 0 Å². The fourth-order valence-electron chi connectivity index (χ4n) is 11.0. The minimum atomic E-state index is -1.70. The van der Waals surface area contributed by atoms with Gasteiger partial charge in [0.05, 0.1) is 12.6 Å². The maximum absolute atomic E-state index is 14.7. The van der Waals surface area contributed by atoms with Crippen molar-refractivity contribution in [2.45, 2.75) is 205 Å². The molecule has 10 amide bonds. The normalized spacial score (nSPS) is 16.1. The van der Waals surface area contributed by atoms with E-state index in [0.29, 0.717) is 75.6 Å². The van der Waals surface area contributed by atoms with Crippen molar-refractivity contribution in [3.05, 3.63) is 71.9 Å². The molecular formula is C66H105N15O13. The van der Waals surface area contributed by atoms with Gasteiger partial charge in [0.25, 0.3) is 0 Å². The smallest absolute Gasteiger partial charge is 0.322 e. The van der Waals surface area contributed by atoms with Gasteiger partial charge in [0.15, 0.2) is 0 Å². The van der Waals surface area contributed by atoms with Crippen LogP contribution in [0.1, 0.15) is 143 Å². The second kappa shape index (κ2) is 41.6. The minimum absolute atomic E-state index is 0.00220. The number of fused-ring (bicyclic) bond motifs is 1. The van der Waals surface area contributed by atoms with Crippen LogP contribution in [0.3, 0.4) is 0 Å². The lowest BCUT2D eigenvalue weighted by molar-refractivity contribution is -0.139. The fourth-order valence-corrected chi connectivity index (χ4v) is 11.0. The maximum Gasteiger partial charge on any atom is 0.322 e. The molecule has 1 fully saturated rings. The molecule has 522 valence electrons. The summed E-state index contributed by atoms with van der Waals surface area (Å²) in [4.78, 5) is 157. The van der Waals surface area contributed by atoms with Crippen LogP contribution in [0.15, 0.2) is 60.8 Å². The maximum atomic E-state index is 14.7. The van der Waals surface area contributed by atoms with Crippen molar-refractivity contribution in [3.63, 3.8) is 0 Å². The Bertz CT molecular complexity index is 2920. The first kappa shape index (κ1) is 78.4. The number of hydrogen-bond donors (Lipinski definition) is 17. The summed E-state index contributed by atoms with van der Waals surface area (Å²) in [6, 6.07) is 3.76. The lowest BCUT2D eigenvalue weighted by Gasteiger charge is -2.29. The van der Waals surface area contributed by atoms with Crippen LogP contribution < -0.4 is 75.7 Å². The van der Waals surface area contributed by atoms with Gasteiger partial charge >= 0.3 is 5.97 Å². The van der Waals surface area contributed by atoms with Crippen LogP contribution in [-0.2, 0) is 65.6 Å². The molecule has 1 saturated heterocycles. The molecule has 1 aliphatic rings. The van der Waals surface area contributed by atoms with Crippen LogP contribution in [0.2, 0.25) is 0 Å². The summed E-state index contributed by atoms with van der Waals surface area (Å²) in [7, 11) is 0. The third kappa shape index (κ3) is 26.7. The number of carbonyl (C=O) groups excluding carboxylic acids is 10. The number of carboxylic acid groups (broad SMARTS) is 1. The quantitative estimate of drug-likeness (QED) is 0.0326. The van der Waals surface area contributed by atoms with Crippen molar-refractivity contribution in [1.82, 2.24) is 63.5 Å². The summed E-state index contributed by atoms with van der Waals surface area (Å²) in [5, 5.41) is 50.9. The van der Waals surface area contributed by atoms with Crippen LogP contribution in [0.5, 0.6) is 0 Å². The van der Waals surface area contributed by atoms with Gasteiger partial charge in [-0.1, -0.05) is 96.5 Å². The van der Waals surface area contributed by atoms with Gasteiger partial charge in [0.1, 0.15) is 60.9 Å². The Balaban J connectivity index is 1.59. The number of para-hydroxylation sites is 1. The Morgan fingerprint density at radius 2 is 0.957 bits per heavy atom. The zero-order valence-electron chi connectivity index (χ0n) is 55.5. The Kier molecular flexibility index (Phi) is 34.7. The predicted molar refractivity (Wildman–Crippen MR) is 355 cm³/mol. The van der Waals surface area contributed by atoms with Gasteiger partial charge in [0.2, 0.25) is 59.1 Å². The molecule has 11 atom stereocenters. The van der Waals surface area contributed by atoms with Crippen LogP contribution in [0.4, 0.5) is 0 Å². The number of nitrogens with one attached hydrogen (secondary N) is 12. The standard InChI is InChI=1S/C66H105N15O13/c1-7-41(6)56(66(94)72-37-55(83)84)81-64(92)53(35-43-36-71-45-23-12-11-22-44(43)45)79-60(88)49(26-15-18-30-69)75-65(93)54(38-82)80-62(90)51(33-40(4)5)77-63(91)52(34-42-20-9-8-10-21-42)78-59(87)48(25-14-17-29-68)74-61(89)50(32-39(2)3)76-58(86)47(24-13-16-28-67)73-57(85)46-27-19-31-70-46/h8-12,20-23,36,39-41,46-54,56,70-71,82H,7,13-19,24-35,37-38,67-69H2,1-6H3,(H,72,94)(H,73,85)(H,74,89)(H,75,93)(H,76,86)(H,77,91)(H,78,87)(H,79,88)(H,80,90)(H,81,92)(H,83,84)/t41-,46-,47-,48-,49-,50-,51-,52-,53-,54-,56-/m0/s1. The highest BCUT2D eigenvalue weighted by atomic mass is 16.4. The number of amides is 10. The number of aromatic nitrogens is 1. The number of hydrogen-bond acceptors (Lipinski definition) is 16. The van der Waals surface area contributed by atoms with E-state index in [1.54, 1.807) is 70.3 Å². The van der Waals surface area contributed by atoms with E-state index >= 15 is 0 Å². The van der Waals surface area contributed by atoms with E-state index in [9.17, 15) is 63.0 Å². The second-order valence-electron chi connectivity index (χ2n) is 25.2. The van der Waals surface area contributed by atoms with E-state index in [-0.39, 0.29) is 75.8 Å². The molecule has 2 heterocycles. The van der Waals surface area contributed by atoms with Gasteiger partial charge in [0, 0.05) is 29.9 Å². The first-order valence-corrected chi connectivity index (χ1v) is 33.2. The molecule has 0 saturated carbocycles. The van der Waals surface area contributed by atoms with Gasteiger partial charge in [-0.3, -0.25) is 52.7 Å². The molecule has 94 heavy (non-hydrogen) atoms. The molecule has 1 aromatic heterocycles. The molecule has 20 N–H and O–H groups in total. The fraction of sp³-hybridized carbons (Fsp3) is 0.621. The highest BCUT2D eigenvalue weighted by molar-refractivity contribution is 5.99. The number of rotatable bonds is 44. The lowest BCUT2D eigenvalue weighted by atomic mass is 9.97. The number of H-pyrrole nitrogens is 1. The zero-order valence-corrected chi connectivity index (χ0v) is 55.5. The van der Waals surface area contributed by atoms with Gasteiger partial charge in [-0.2, -0.15) is 0 Å². The van der Waals surface area contributed by atoms with Crippen LogP contribution in [-0.4, -0.2) is 180 Å². The van der Waals surface area contributed by atoms with Crippen molar-refractivity contribution in [2.75, 3.05) is 39.3 Å². The molecule has 0 radical (unpaired) electrons. The van der Waals surface area contributed by atoms with E-state index in [1.807, 2.05) is 32.0 Å². The summed E-state index contributed by atoms with van der Waals surface area (Å²) < 4.78 is 0. The zero-order chi connectivity index (χ0) is 69.3. The molecule has 3 aromatic rings. The number of carboxylic acids is 1. The Morgan fingerprint density at radius 1 is 0.521 bits per heavy atom. The predicted octanol–water partition coefficient (Wildman–Crippen LogP) is -0.213. The van der Waals surface area contributed by atoms with E-state index in [2.05, 4.69) is 63.5 Å². The van der Waals surface area contributed by atoms with Crippen LogP contribution in [0.25, 0.3) is 10.9 Å². The number of carbonyl (C=O) groups is 11. The topological polar surface area (TPSA) is 454 Å². The number of unbranched alkanes of at least 4 members (excludes halogenated alkanes) is 3. The minimum Gasteiger partial charge on any atom is -0.480 e. The van der Waals surface area contributed by atoms with Gasteiger partial charge in [-0.15, -0.1) is 0 Å². The summed E-state index contributed by atoms with van der Waals surface area (Å²) in [5.74, 6) is -9.55. The molecular weight excluding hydrogens is 1210 g/mol. The average molecular weight is 1320 g/mol. The van der Waals surface area contributed by atoms with Gasteiger partial charge in [-0.05, 0) is 145 Å². The van der Waals surface area contributed by atoms with Crippen molar-refractivity contribution in [1.29, 1.82) is 0 Å². The number of aliphatic carboxylic acids is 1. The lowest BCUT2D eigenvalue weighted by Crippen LogP contribution is -2.61. The molecule has 0 bridgehead atoms. The molecule has 28 nitrogen and oxygen atoms in total. The highest BCUT2D eigenvalue weighted by Crippen LogP contribution is 2.21. The molecule has 4 rings (SSSR count). The Hall–Kier alpha value is -8.05. The second-order valence-corrected chi connectivity index (χ2v) is 25.2. The monoisotopic (exact) mass is 1320 g/mol. The van der Waals surface area contributed by atoms with E-state index in [4.69, 9.17) is 17.2 Å². The molecule has 2 aromatic carbocycles. The molecule has 0 aliphatic carbocycles. The summed E-state index contributed by atoms with van der Waals surface area (Å²) >= 11 is 0. The van der Waals surface area contributed by atoms with Gasteiger partial charge < -0.3 is 90.9 Å². The third-order valence-electron chi connectivity index (χ3n) is 16.5. The Morgan fingerprint density at radius 3 is 1.44 bits per heavy atom. The third-order valence-corrected chi connectivity index (χ3v) is 16.5. The number of aliphatic hydroxyl groups is 1. The first-order valence-electron chi connectivity index (χ1n) is 33.2. The number of aromatic amines is 1. The van der Waals surface area contributed by atoms with Crippen molar-refractivity contribution in [3.8, 4) is 0 Å². The van der Waals surface area contributed by atoms with Crippen molar-refractivity contribution >= 4 is 75.9 Å². The van der Waals surface area contributed by atoms with Crippen molar-refractivity contribution < 1.29 is 63.0 Å². The number of benzene rings is 2. The summed E-state index contributed by atoms with van der Waals surface area (Å²) in [6.07, 6.45) is 6.55. The highest BCUT2D eigenvalue weighted by Gasteiger charge is 2.37. The number of aliphatic hydroxyl groups excluding tert-OH is 1. The number of nitrogens with two attached hydrogens (primary N) is 3. The summed E-state index contributed by atoms with van der Waals surface area (Å²) in [6.45, 7) is 10.7. The van der Waals surface area contributed by atoms with E-state index in [1.165, 1.54) is 0 Å². The molecule has 0 unspecified atom stereocenters. The molecule has 1 aliphatic heterocycles. The first-order chi connectivity index (χ1) is 44.9. The van der Waals surface area contributed by atoms with E-state index < -0.39 is 139 Å². The molecule has 28 heteroatoms. The largest absolute Gasteiger partial charge is 0.480 e. The molecule has 0 spiro atoms.